The van der Waals surface area contributed by atoms with E-state index in [4.69, 9.17) is 4.74 Å². The molecule has 34 heavy (non-hydrogen) atoms. The van der Waals surface area contributed by atoms with E-state index in [1.165, 1.54) is 0 Å². The van der Waals surface area contributed by atoms with Crippen molar-refractivity contribution in [1.82, 2.24) is 30.1 Å². The van der Waals surface area contributed by atoms with E-state index in [0.717, 1.165) is 27.8 Å². The van der Waals surface area contributed by atoms with Gasteiger partial charge in [0.15, 0.2) is 5.82 Å². The number of aliphatic hydroxyl groups excluding tert-OH is 1. The third-order valence-corrected chi connectivity index (χ3v) is 6.57. The second-order valence-corrected chi connectivity index (χ2v) is 8.81. The van der Waals surface area contributed by atoms with Crippen LogP contribution in [0.2, 0.25) is 0 Å². The van der Waals surface area contributed by atoms with Crippen LogP contribution in [0.3, 0.4) is 0 Å². The van der Waals surface area contributed by atoms with Crippen molar-refractivity contribution in [2.24, 2.45) is 0 Å². The molecule has 0 radical (unpaired) electrons. The molecule has 0 saturated carbocycles. The first-order chi connectivity index (χ1) is 16.5. The number of pyridine rings is 1. The highest BCUT2D eigenvalue weighted by atomic mass is 16.5. The van der Waals surface area contributed by atoms with Gasteiger partial charge in [0.05, 0.1) is 25.3 Å². The fourth-order valence-corrected chi connectivity index (χ4v) is 4.67. The Hall–Kier alpha value is -3.56. The summed E-state index contributed by atoms with van der Waals surface area (Å²) in [5.74, 6) is 1.38. The van der Waals surface area contributed by atoms with Crippen LogP contribution in [0, 0.1) is 6.92 Å². The number of aromatic nitrogens is 5. The molecule has 0 spiro atoms. The Bertz CT molecular complexity index is 1340. The van der Waals surface area contributed by atoms with Gasteiger partial charge in [0.25, 0.3) is 5.56 Å². The number of piperidine rings is 1. The molecule has 0 amide bonds. The van der Waals surface area contributed by atoms with Crippen LogP contribution in [0.15, 0.2) is 53.3 Å². The van der Waals surface area contributed by atoms with Crippen LogP contribution in [-0.2, 0) is 6.54 Å². The lowest BCUT2D eigenvalue weighted by atomic mass is 9.99. The minimum absolute atomic E-state index is 0.156. The Morgan fingerprint density at radius 2 is 1.94 bits per heavy atom. The smallest absolute Gasteiger partial charge is 0.253 e. The Kier molecular flexibility index (Phi) is 6.12. The summed E-state index contributed by atoms with van der Waals surface area (Å²) < 4.78 is 7.00. The van der Waals surface area contributed by atoms with E-state index in [2.05, 4.69) is 25.4 Å². The molecular weight excluding hydrogens is 432 g/mol. The van der Waals surface area contributed by atoms with Crippen LogP contribution in [0.1, 0.15) is 41.4 Å². The number of ether oxygens (including phenoxy) is 1. The first-order valence-corrected chi connectivity index (χ1v) is 11.5. The number of likely N-dealkylation sites (tertiary alicyclic amines) is 1. The SMILES string of the molecule is COc1ccc(Cn2nnnc2[C@H](c2cc3cccc(C)c3[nH]c2=O)N2CCC(O)CC2)cc1. The Labute approximate surface area is 197 Å². The molecule has 4 aromatic rings. The van der Waals surface area contributed by atoms with E-state index < -0.39 is 6.04 Å². The van der Waals surface area contributed by atoms with Crippen molar-refractivity contribution < 1.29 is 9.84 Å². The quantitative estimate of drug-likeness (QED) is 0.455. The topological polar surface area (TPSA) is 109 Å². The zero-order valence-electron chi connectivity index (χ0n) is 19.3. The largest absolute Gasteiger partial charge is 0.497 e. The predicted molar refractivity (Wildman–Crippen MR) is 128 cm³/mol. The molecule has 1 aliphatic heterocycles. The third kappa shape index (κ3) is 4.32. The highest BCUT2D eigenvalue weighted by Gasteiger charge is 2.32. The number of para-hydroxylation sites is 1. The summed E-state index contributed by atoms with van der Waals surface area (Å²) in [7, 11) is 1.64. The van der Waals surface area contributed by atoms with Gasteiger partial charge in [-0.15, -0.1) is 5.10 Å². The number of hydrogen-bond acceptors (Lipinski definition) is 7. The number of aryl methyl sites for hydroxylation is 1. The second kappa shape index (κ2) is 9.36. The molecule has 2 aromatic carbocycles. The number of H-pyrrole nitrogens is 1. The van der Waals surface area contributed by atoms with E-state index in [-0.39, 0.29) is 11.7 Å². The van der Waals surface area contributed by atoms with E-state index in [9.17, 15) is 9.90 Å². The highest BCUT2D eigenvalue weighted by Crippen LogP contribution is 2.30. The molecule has 2 aromatic heterocycles. The van der Waals surface area contributed by atoms with Crippen molar-refractivity contribution in [3.05, 3.63) is 81.4 Å². The van der Waals surface area contributed by atoms with Gasteiger partial charge in [0, 0.05) is 18.7 Å². The van der Waals surface area contributed by atoms with Gasteiger partial charge in [-0.1, -0.05) is 30.3 Å². The first-order valence-electron chi connectivity index (χ1n) is 11.5. The maximum atomic E-state index is 13.3. The van der Waals surface area contributed by atoms with E-state index in [0.29, 0.717) is 43.9 Å². The molecule has 2 N–H and O–H groups in total. The van der Waals surface area contributed by atoms with Crippen molar-refractivity contribution >= 4 is 10.9 Å². The Morgan fingerprint density at radius 1 is 1.18 bits per heavy atom. The number of rotatable bonds is 6. The lowest BCUT2D eigenvalue weighted by Gasteiger charge is -2.35. The Balaban J connectivity index is 1.58. The van der Waals surface area contributed by atoms with Gasteiger partial charge >= 0.3 is 0 Å². The zero-order chi connectivity index (χ0) is 23.7. The van der Waals surface area contributed by atoms with Crippen LogP contribution in [-0.4, -0.2) is 61.5 Å². The molecule has 1 aliphatic rings. The van der Waals surface area contributed by atoms with Crippen LogP contribution in [0.4, 0.5) is 0 Å². The number of benzene rings is 2. The maximum Gasteiger partial charge on any atom is 0.253 e. The van der Waals surface area contributed by atoms with Crippen LogP contribution in [0.5, 0.6) is 5.75 Å². The molecule has 1 atom stereocenters. The zero-order valence-corrected chi connectivity index (χ0v) is 19.3. The van der Waals surface area contributed by atoms with Crippen molar-refractivity contribution in [3.63, 3.8) is 0 Å². The summed E-state index contributed by atoms with van der Waals surface area (Å²) >= 11 is 0. The normalized spacial score (nSPS) is 16.1. The van der Waals surface area contributed by atoms with E-state index >= 15 is 0 Å². The number of nitrogens with one attached hydrogen (secondary N) is 1. The molecule has 1 fully saturated rings. The fraction of sp³-hybridized carbons (Fsp3) is 0.360. The number of nitrogens with zero attached hydrogens (tertiary/aromatic N) is 5. The third-order valence-electron chi connectivity index (χ3n) is 6.57. The van der Waals surface area contributed by atoms with Crippen molar-refractivity contribution in [2.45, 2.75) is 38.5 Å². The first kappa shape index (κ1) is 22.2. The van der Waals surface area contributed by atoms with Gasteiger partial charge in [-0.3, -0.25) is 9.69 Å². The monoisotopic (exact) mass is 460 g/mol. The van der Waals surface area contributed by atoms with Gasteiger partial charge in [-0.05, 0) is 64.9 Å². The van der Waals surface area contributed by atoms with Gasteiger partial charge in [-0.25, -0.2) is 4.68 Å². The molecular formula is C25H28N6O3. The molecule has 9 nitrogen and oxygen atoms in total. The highest BCUT2D eigenvalue weighted by molar-refractivity contribution is 5.82. The van der Waals surface area contributed by atoms with E-state index in [1.54, 1.807) is 11.8 Å². The summed E-state index contributed by atoms with van der Waals surface area (Å²) in [4.78, 5) is 18.6. The van der Waals surface area contributed by atoms with Gasteiger partial charge in [-0.2, -0.15) is 0 Å². The number of tetrazole rings is 1. The molecule has 176 valence electrons. The number of aliphatic hydroxyl groups is 1. The molecule has 1 saturated heterocycles. The molecule has 0 aliphatic carbocycles. The molecule has 5 rings (SSSR count). The van der Waals surface area contributed by atoms with Crippen molar-refractivity contribution in [1.29, 1.82) is 0 Å². The number of hydrogen-bond donors (Lipinski definition) is 2. The second-order valence-electron chi connectivity index (χ2n) is 8.81. The Morgan fingerprint density at radius 3 is 2.68 bits per heavy atom. The summed E-state index contributed by atoms with van der Waals surface area (Å²) in [5, 5.41) is 23.6. The maximum absolute atomic E-state index is 13.3. The summed E-state index contributed by atoms with van der Waals surface area (Å²) in [6.07, 6.45) is 0.951. The van der Waals surface area contributed by atoms with Crippen molar-refractivity contribution in [3.8, 4) is 5.75 Å². The standard InChI is InChI=1S/C25H28N6O3/c1-16-4-3-5-18-14-21(25(33)26-22(16)18)23(30-12-10-19(32)11-13-30)24-27-28-29-31(24)15-17-6-8-20(34-2)9-7-17/h3-9,14,19,23,32H,10-13,15H2,1-2H3,(H,26,33)/t23-/m0/s1. The van der Waals surface area contributed by atoms with Crippen LogP contribution < -0.4 is 10.3 Å². The van der Waals surface area contributed by atoms with E-state index in [1.807, 2.05) is 55.5 Å². The average molecular weight is 461 g/mol. The summed E-state index contributed by atoms with van der Waals surface area (Å²) in [6.45, 7) is 3.74. The molecule has 0 bridgehead atoms. The average Bonchev–Trinajstić information content (AvgIpc) is 3.29. The van der Waals surface area contributed by atoms with Gasteiger partial charge < -0.3 is 14.8 Å². The minimum Gasteiger partial charge on any atom is -0.497 e. The van der Waals surface area contributed by atoms with Crippen LogP contribution in [0.25, 0.3) is 10.9 Å². The minimum atomic E-state index is -0.436. The van der Waals surface area contributed by atoms with Crippen molar-refractivity contribution in [2.75, 3.05) is 20.2 Å². The van der Waals surface area contributed by atoms with Gasteiger partial charge in [0.2, 0.25) is 0 Å². The summed E-state index contributed by atoms with van der Waals surface area (Å²) in [6, 6.07) is 15.2. The number of methoxy groups -OCH3 is 1. The number of fused-ring (bicyclic) bond motifs is 1. The van der Waals surface area contributed by atoms with Gasteiger partial charge in [0.1, 0.15) is 11.8 Å². The molecule has 9 heteroatoms. The lowest BCUT2D eigenvalue weighted by Crippen LogP contribution is -2.41. The van der Waals surface area contributed by atoms with Crippen LogP contribution >= 0.6 is 0 Å². The summed E-state index contributed by atoms with van der Waals surface area (Å²) in [5.41, 5.74) is 3.31. The molecule has 0 unspecified atom stereocenters. The lowest BCUT2D eigenvalue weighted by molar-refractivity contribution is 0.0659. The number of aromatic amines is 1. The predicted octanol–water partition coefficient (Wildman–Crippen LogP) is 2.43. The fourth-order valence-electron chi connectivity index (χ4n) is 4.67. The molecule has 3 heterocycles.